The number of carbonyl (C=O) groups excluding carboxylic acids is 2. The van der Waals surface area contributed by atoms with Crippen LogP contribution in [-0.4, -0.2) is 59.8 Å². The number of aromatic nitrogens is 2. The van der Waals surface area contributed by atoms with Gasteiger partial charge in [0.25, 0.3) is 5.91 Å². The quantitative estimate of drug-likeness (QED) is 0.284. The van der Waals surface area contributed by atoms with Crippen LogP contribution in [0.4, 0.5) is 10.5 Å². The number of amides is 2. The first kappa shape index (κ1) is 25.3. The first-order valence-electron chi connectivity index (χ1n) is 11.6. The molecule has 4 aromatic rings. The Morgan fingerprint density at radius 1 is 1.11 bits per heavy atom. The molecule has 2 heterocycles. The second kappa shape index (κ2) is 10.9. The molecule has 0 atom stereocenters. The Kier molecular flexibility index (Phi) is 7.43. The number of hydrogen-bond donors (Lipinski definition) is 3. The number of para-hydroxylation sites is 1. The maximum Gasteiger partial charge on any atom is 0.412 e. The molecule has 0 unspecified atom stereocenters. The summed E-state index contributed by atoms with van der Waals surface area (Å²) < 4.78 is 10.5. The van der Waals surface area contributed by atoms with Gasteiger partial charge in [-0.1, -0.05) is 24.3 Å². The Bertz CT molecular complexity index is 1490. The number of pyridine rings is 1. The molecule has 4 rings (SSSR count). The zero-order valence-electron chi connectivity index (χ0n) is 21.0. The van der Waals surface area contributed by atoms with Crippen LogP contribution in [0.2, 0.25) is 0 Å². The van der Waals surface area contributed by atoms with Crippen LogP contribution in [0, 0.1) is 0 Å². The van der Waals surface area contributed by atoms with Gasteiger partial charge in [0.1, 0.15) is 23.8 Å². The van der Waals surface area contributed by atoms with Gasteiger partial charge in [0, 0.05) is 48.6 Å². The van der Waals surface area contributed by atoms with Crippen molar-refractivity contribution in [1.29, 1.82) is 0 Å². The van der Waals surface area contributed by atoms with Crippen molar-refractivity contribution in [2.24, 2.45) is 0 Å². The van der Waals surface area contributed by atoms with Crippen LogP contribution >= 0.6 is 0 Å². The minimum Gasteiger partial charge on any atom is -0.509 e. The summed E-state index contributed by atoms with van der Waals surface area (Å²) in [6, 6.07) is 14.9. The van der Waals surface area contributed by atoms with Crippen molar-refractivity contribution in [3.63, 3.8) is 0 Å². The van der Waals surface area contributed by atoms with Gasteiger partial charge >= 0.3 is 6.09 Å². The topological polar surface area (TPSA) is 117 Å². The van der Waals surface area contributed by atoms with E-state index in [1.807, 2.05) is 36.5 Å². The number of nitrogens with one attached hydrogen (secondary N) is 2. The third-order valence-corrected chi connectivity index (χ3v) is 5.84. The molecular weight excluding hydrogens is 472 g/mol. The van der Waals surface area contributed by atoms with Crippen molar-refractivity contribution < 1.29 is 24.2 Å². The SMILES string of the molecule is C/C=C(\O)COC(=O)Nc1ccc(-c2cnc3[nH]cc(-c4ccccc4OC)c3c2)cc1C(=O)N(C)C. The average molecular weight is 501 g/mol. The minimum atomic E-state index is -0.786. The molecule has 0 radical (unpaired) electrons. The Morgan fingerprint density at radius 3 is 2.62 bits per heavy atom. The standard InChI is InChI=1S/C28H28N4O5/c1-5-19(33)16-37-28(35)31-24-11-10-17(12-22(24)27(34)32(2)3)18-13-21-23(15-30-26(21)29-14-18)20-8-6-7-9-25(20)36-4/h5-15,33H,16H2,1-4H3,(H,29,30)(H,31,35)/b19-5-. The largest absolute Gasteiger partial charge is 0.509 e. The third-order valence-electron chi connectivity index (χ3n) is 5.84. The summed E-state index contributed by atoms with van der Waals surface area (Å²) >= 11 is 0. The van der Waals surface area contributed by atoms with Gasteiger partial charge in [-0.05, 0) is 42.8 Å². The molecule has 2 aromatic carbocycles. The lowest BCUT2D eigenvalue weighted by Crippen LogP contribution is -2.24. The van der Waals surface area contributed by atoms with Crippen molar-refractivity contribution in [3.8, 4) is 28.0 Å². The number of anilines is 1. The van der Waals surface area contributed by atoms with Gasteiger partial charge in [0.15, 0.2) is 0 Å². The van der Waals surface area contributed by atoms with E-state index in [0.29, 0.717) is 0 Å². The molecule has 0 saturated heterocycles. The van der Waals surface area contributed by atoms with Gasteiger partial charge in [0.05, 0.1) is 18.4 Å². The van der Waals surface area contributed by atoms with Crippen LogP contribution in [0.5, 0.6) is 5.75 Å². The molecule has 0 fully saturated rings. The summed E-state index contributed by atoms with van der Waals surface area (Å²) in [5.41, 5.74) is 4.71. The number of aromatic amines is 1. The number of methoxy groups -OCH3 is 1. The van der Waals surface area contributed by atoms with Crippen LogP contribution in [-0.2, 0) is 4.74 Å². The fourth-order valence-electron chi connectivity index (χ4n) is 3.87. The molecule has 0 saturated carbocycles. The number of nitrogens with zero attached hydrogens (tertiary/aromatic N) is 2. The predicted molar refractivity (Wildman–Crippen MR) is 143 cm³/mol. The summed E-state index contributed by atoms with van der Waals surface area (Å²) in [6.07, 6.45) is 4.26. The van der Waals surface area contributed by atoms with Crippen molar-refractivity contribution in [2.75, 3.05) is 33.1 Å². The van der Waals surface area contributed by atoms with Crippen molar-refractivity contribution in [1.82, 2.24) is 14.9 Å². The summed E-state index contributed by atoms with van der Waals surface area (Å²) in [4.78, 5) is 34.4. The van der Waals surface area contributed by atoms with E-state index in [9.17, 15) is 14.7 Å². The first-order valence-corrected chi connectivity index (χ1v) is 11.6. The highest BCUT2D eigenvalue weighted by Crippen LogP contribution is 2.36. The van der Waals surface area contributed by atoms with E-state index in [0.717, 1.165) is 39.0 Å². The maximum absolute atomic E-state index is 13.0. The number of ether oxygens (including phenoxy) is 2. The number of carbonyl (C=O) groups is 2. The van der Waals surface area contributed by atoms with Gasteiger partial charge in [-0.15, -0.1) is 0 Å². The van der Waals surface area contributed by atoms with Crippen LogP contribution in [0.3, 0.4) is 0 Å². The number of aliphatic hydroxyl groups is 1. The lowest BCUT2D eigenvalue weighted by atomic mass is 9.99. The smallest absolute Gasteiger partial charge is 0.412 e. The van der Waals surface area contributed by atoms with Crippen molar-refractivity contribution in [2.45, 2.75) is 6.92 Å². The second-order valence-electron chi connectivity index (χ2n) is 8.46. The molecule has 37 heavy (non-hydrogen) atoms. The lowest BCUT2D eigenvalue weighted by molar-refractivity contribution is 0.0828. The highest BCUT2D eigenvalue weighted by atomic mass is 16.6. The van der Waals surface area contributed by atoms with Gasteiger partial charge < -0.3 is 24.5 Å². The molecule has 0 aliphatic heterocycles. The van der Waals surface area contributed by atoms with Gasteiger partial charge in [0.2, 0.25) is 0 Å². The van der Waals surface area contributed by atoms with E-state index >= 15 is 0 Å². The molecule has 3 N–H and O–H groups in total. The number of benzene rings is 2. The van der Waals surface area contributed by atoms with Gasteiger partial charge in [-0.3, -0.25) is 10.1 Å². The van der Waals surface area contributed by atoms with Crippen LogP contribution in [0.25, 0.3) is 33.3 Å². The molecule has 190 valence electrons. The van der Waals surface area contributed by atoms with E-state index in [4.69, 9.17) is 9.47 Å². The second-order valence-corrected chi connectivity index (χ2v) is 8.46. The molecule has 0 spiro atoms. The normalized spacial score (nSPS) is 11.3. The fourth-order valence-corrected chi connectivity index (χ4v) is 3.87. The molecule has 0 aliphatic carbocycles. The molecular formula is C28H28N4O5. The molecule has 2 amide bonds. The van der Waals surface area contributed by atoms with E-state index in [2.05, 4.69) is 15.3 Å². The van der Waals surface area contributed by atoms with E-state index in [-0.39, 0.29) is 29.5 Å². The van der Waals surface area contributed by atoms with Crippen LogP contribution < -0.4 is 10.1 Å². The Hall–Kier alpha value is -4.79. The van der Waals surface area contributed by atoms with E-state index in [1.165, 1.54) is 11.0 Å². The number of hydrogen-bond acceptors (Lipinski definition) is 6. The fraction of sp³-hybridized carbons (Fsp3) is 0.179. The molecule has 9 heteroatoms. The summed E-state index contributed by atoms with van der Waals surface area (Å²) in [5.74, 6) is 0.381. The highest BCUT2D eigenvalue weighted by Gasteiger charge is 2.18. The van der Waals surface area contributed by atoms with E-state index in [1.54, 1.807) is 52.5 Å². The summed E-state index contributed by atoms with van der Waals surface area (Å²) in [6.45, 7) is 1.36. The third kappa shape index (κ3) is 5.40. The summed E-state index contributed by atoms with van der Waals surface area (Å²) in [7, 11) is 4.90. The number of allylic oxidation sites excluding steroid dienone is 1. The average Bonchev–Trinajstić information content (AvgIpc) is 3.34. The predicted octanol–water partition coefficient (Wildman–Crippen LogP) is 5.62. The lowest BCUT2D eigenvalue weighted by Gasteiger charge is -2.16. The number of rotatable bonds is 7. The van der Waals surface area contributed by atoms with Crippen LogP contribution in [0.15, 0.2) is 72.8 Å². The maximum atomic E-state index is 13.0. The zero-order valence-corrected chi connectivity index (χ0v) is 21.0. The Labute approximate surface area is 214 Å². The molecule has 2 aromatic heterocycles. The first-order chi connectivity index (χ1) is 17.8. The van der Waals surface area contributed by atoms with Crippen molar-refractivity contribution in [3.05, 3.63) is 78.3 Å². The Balaban J connectivity index is 1.73. The molecule has 0 bridgehead atoms. The highest BCUT2D eigenvalue weighted by molar-refractivity contribution is 6.04. The van der Waals surface area contributed by atoms with Crippen LogP contribution in [0.1, 0.15) is 17.3 Å². The number of H-pyrrole nitrogens is 1. The Morgan fingerprint density at radius 2 is 1.89 bits per heavy atom. The number of aliphatic hydroxyl groups excluding tert-OH is 1. The van der Waals surface area contributed by atoms with Gasteiger partial charge in [-0.25, -0.2) is 9.78 Å². The molecule has 0 aliphatic rings. The molecule has 9 nitrogen and oxygen atoms in total. The minimum absolute atomic E-state index is 0.0739. The number of fused-ring (bicyclic) bond motifs is 1. The monoisotopic (exact) mass is 500 g/mol. The van der Waals surface area contributed by atoms with Gasteiger partial charge in [-0.2, -0.15) is 0 Å². The van der Waals surface area contributed by atoms with E-state index < -0.39 is 6.09 Å². The summed E-state index contributed by atoms with van der Waals surface area (Å²) in [5, 5.41) is 13.0. The van der Waals surface area contributed by atoms with Crippen molar-refractivity contribution >= 4 is 28.7 Å². The zero-order chi connectivity index (χ0) is 26.5.